The van der Waals surface area contributed by atoms with Crippen LogP contribution >= 0.6 is 0 Å². The second kappa shape index (κ2) is 8.14. The number of aromatic nitrogens is 5. The van der Waals surface area contributed by atoms with Crippen molar-refractivity contribution >= 4 is 23.6 Å². The fourth-order valence-corrected chi connectivity index (χ4v) is 4.20. The van der Waals surface area contributed by atoms with E-state index in [-0.39, 0.29) is 42.0 Å². The molecule has 10 nitrogen and oxygen atoms in total. The lowest BCUT2D eigenvalue weighted by Crippen LogP contribution is -2.26. The molecule has 0 amide bonds. The van der Waals surface area contributed by atoms with Crippen LogP contribution in [0.2, 0.25) is 0 Å². The van der Waals surface area contributed by atoms with Gasteiger partial charge in [-0.05, 0) is 29.9 Å². The van der Waals surface area contributed by atoms with Crippen LogP contribution in [-0.4, -0.2) is 64.6 Å². The molecule has 2 aliphatic rings. The smallest absolute Gasteiger partial charge is 0.372 e. The SMILES string of the molecule is CN(c1ccccc1)c1nc(N)nc(-c2noc(N3C[C@@H]4C(COCC(F)(F)F)[C@@H]4C3)n2)n1. The monoisotopic (exact) mass is 462 g/mol. The van der Waals surface area contributed by atoms with Crippen molar-refractivity contribution in [1.29, 1.82) is 0 Å². The molecule has 0 spiro atoms. The molecule has 3 aromatic rings. The van der Waals surface area contributed by atoms with Gasteiger partial charge >= 0.3 is 12.2 Å². The van der Waals surface area contributed by atoms with Gasteiger partial charge in [-0.15, -0.1) is 0 Å². The van der Waals surface area contributed by atoms with Crippen molar-refractivity contribution in [3.05, 3.63) is 30.3 Å². The molecular weight excluding hydrogens is 441 g/mol. The van der Waals surface area contributed by atoms with Gasteiger partial charge in [0.25, 0.3) is 0 Å². The highest BCUT2D eigenvalue weighted by Crippen LogP contribution is 2.52. The van der Waals surface area contributed by atoms with E-state index in [1.54, 1.807) is 11.9 Å². The summed E-state index contributed by atoms with van der Waals surface area (Å²) >= 11 is 0. The second-order valence-electron chi connectivity index (χ2n) is 8.14. The number of nitrogens with zero attached hydrogens (tertiary/aromatic N) is 7. The van der Waals surface area contributed by atoms with Crippen LogP contribution in [0.5, 0.6) is 0 Å². The summed E-state index contributed by atoms with van der Waals surface area (Å²) < 4.78 is 46.9. The first-order chi connectivity index (χ1) is 15.8. The fraction of sp³-hybridized carbons (Fsp3) is 0.450. The highest BCUT2D eigenvalue weighted by atomic mass is 19.4. The number of nitrogens with two attached hydrogens (primary N) is 1. The third kappa shape index (κ3) is 4.53. The number of benzene rings is 1. The van der Waals surface area contributed by atoms with Gasteiger partial charge in [0.05, 0.1) is 6.61 Å². The third-order valence-electron chi connectivity index (χ3n) is 5.92. The summed E-state index contributed by atoms with van der Waals surface area (Å²) in [4.78, 5) is 20.8. The number of rotatable bonds is 7. The topological polar surface area (TPSA) is 119 Å². The minimum absolute atomic E-state index is 0.0215. The van der Waals surface area contributed by atoms with Crippen molar-refractivity contribution in [2.45, 2.75) is 6.18 Å². The Bertz CT molecular complexity index is 1110. The Labute approximate surface area is 186 Å². The lowest BCUT2D eigenvalue weighted by molar-refractivity contribution is -0.175. The maximum Gasteiger partial charge on any atom is 0.411 e. The highest BCUT2D eigenvalue weighted by molar-refractivity contribution is 5.59. The van der Waals surface area contributed by atoms with Crippen LogP contribution in [0, 0.1) is 17.8 Å². The molecule has 1 saturated heterocycles. The van der Waals surface area contributed by atoms with Crippen LogP contribution in [0.3, 0.4) is 0 Å². The zero-order valence-electron chi connectivity index (χ0n) is 17.6. The minimum Gasteiger partial charge on any atom is -0.372 e. The molecule has 3 atom stereocenters. The summed E-state index contributed by atoms with van der Waals surface area (Å²) in [7, 11) is 1.81. The molecule has 1 saturated carbocycles. The number of ether oxygens (including phenoxy) is 1. The third-order valence-corrected chi connectivity index (χ3v) is 5.92. The van der Waals surface area contributed by atoms with Gasteiger partial charge < -0.3 is 24.8 Å². The number of hydrogen-bond donors (Lipinski definition) is 1. The molecule has 0 radical (unpaired) electrons. The molecule has 5 rings (SSSR count). The van der Waals surface area contributed by atoms with Crippen LogP contribution in [0.4, 0.5) is 36.8 Å². The van der Waals surface area contributed by atoms with Gasteiger partial charge in [0.2, 0.25) is 23.5 Å². The number of piperidine rings is 1. The van der Waals surface area contributed by atoms with E-state index in [0.29, 0.717) is 25.1 Å². The molecule has 1 aliphatic heterocycles. The first-order valence-corrected chi connectivity index (χ1v) is 10.3. The molecule has 1 aliphatic carbocycles. The Balaban J connectivity index is 1.24. The van der Waals surface area contributed by atoms with Gasteiger partial charge in [-0.25, -0.2) is 0 Å². The Kier molecular flexibility index (Phi) is 5.27. The van der Waals surface area contributed by atoms with Crippen molar-refractivity contribution in [2.75, 3.05) is 48.9 Å². The number of alkyl halides is 3. The van der Waals surface area contributed by atoms with Crippen molar-refractivity contribution < 1.29 is 22.4 Å². The van der Waals surface area contributed by atoms with Gasteiger partial charge in [0.15, 0.2) is 0 Å². The maximum atomic E-state index is 12.2. The number of anilines is 4. The summed E-state index contributed by atoms with van der Waals surface area (Å²) in [6.07, 6.45) is -4.30. The van der Waals surface area contributed by atoms with E-state index < -0.39 is 12.8 Å². The summed E-state index contributed by atoms with van der Waals surface area (Å²) in [5.74, 6) is 1.35. The number of fused-ring (bicyclic) bond motifs is 1. The molecule has 13 heteroatoms. The molecule has 0 bridgehead atoms. The highest BCUT2D eigenvalue weighted by Gasteiger charge is 2.56. The lowest BCUT2D eigenvalue weighted by atomic mass is 10.3. The molecular formula is C20H21F3N8O2. The average Bonchev–Trinajstić information content (AvgIpc) is 3.17. The van der Waals surface area contributed by atoms with Gasteiger partial charge in [-0.1, -0.05) is 23.4 Å². The van der Waals surface area contributed by atoms with Crippen molar-refractivity contribution in [2.24, 2.45) is 17.8 Å². The second-order valence-corrected chi connectivity index (χ2v) is 8.14. The Hall–Kier alpha value is -3.48. The standard InChI is InChI=1S/C20H21F3N8O2/c1-30(11-5-3-2-4-6-11)18-26-15(25-17(24)28-18)16-27-19(33-29-16)31-7-12-13(8-31)14(12)9-32-10-20(21,22)23/h2-6,12-14H,7-10H2,1H3,(H2,24,25,26,28)/t12-,13+,14?. The average molecular weight is 462 g/mol. The minimum atomic E-state index is -4.30. The van der Waals surface area contributed by atoms with Crippen molar-refractivity contribution in [1.82, 2.24) is 25.1 Å². The van der Waals surface area contributed by atoms with Crippen LogP contribution in [-0.2, 0) is 4.74 Å². The van der Waals surface area contributed by atoms with E-state index >= 15 is 0 Å². The molecule has 33 heavy (non-hydrogen) atoms. The Morgan fingerprint density at radius 1 is 1.09 bits per heavy atom. The van der Waals surface area contributed by atoms with Crippen LogP contribution in [0.1, 0.15) is 0 Å². The first-order valence-electron chi connectivity index (χ1n) is 10.3. The first kappa shape index (κ1) is 21.4. The molecule has 174 valence electrons. The van der Waals surface area contributed by atoms with Crippen molar-refractivity contribution in [3.8, 4) is 11.6 Å². The zero-order chi connectivity index (χ0) is 23.2. The van der Waals surface area contributed by atoms with E-state index in [9.17, 15) is 13.2 Å². The maximum absolute atomic E-state index is 12.2. The molecule has 2 N–H and O–H groups in total. The molecule has 2 fully saturated rings. The largest absolute Gasteiger partial charge is 0.411 e. The number of para-hydroxylation sites is 1. The normalized spacial score (nSPS) is 21.8. The van der Waals surface area contributed by atoms with E-state index in [1.807, 2.05) is 35.2 Å². The molecule has 1 aromatic carbocycles. The quantitative estimate of drug-likeness (QED) is 0.561. The van der Waals surface area contributed by atoms with E-state index in [0.717, 1.165) is 5.69 Å². The summed E-state index contributed by atoms with van der Waals surface area (Å²) in [6.45, 7) is 0.136. The van der Waals surface area contributed by atoms with Gasteiger partial charge in [-0.2, -0.15) is 33.1 Å². The summed E-state index contributed by atoms with van der Waals surface area (Å²) in [5.41, 5.74) is 6.75. The van der Waals surface area contributed by atoms with Crippen molar-refractivity contribution in [3.63, 3.8) is 0 Å². The van der Waals surface area contributed by atoms with E-state index in [1.165, 1.54) is 0 Å². The van der Waals surface area contributed by atoms with Crippen LogP contribution in [0.25, 0.3) is 11.6 Å². The van der Waals surface area contributed by atoms with E-state index in [2.05, 4.69) is 25.1 Å². The zero-order valence-corrected chi connectivity index (χ0v) is 17.6. The number of hydrogen-bond acceptors (Lipinski definition) is 10. The van der Waals surface area contributed by atoms with E-state index in [4.69, 9.17) is 15.0 Å². The van der Waals surface area contributed by atoms with Gasteiger partial charge in [0, 0.05) is 25.8 Å². The van der Waals surface area contributed by atoms with Crippen LogP contribution < -0.4 is 15.5 Å². The Morgan fingerprint density at radius 3 is 2.52 bits per heavy atom. The summed E-state index contributed by atoms with van der Waals surface area (Å²) in [6, 6.07) is 9.83. The van der Waals surface area contributed by atoms with Crippen LogP contribution in [0.15, 0.2) is 34.9 Å². The van der Waals surface area contributed by atoms with Gasteiger partial charge in [-0.3, -0.25) is 0 Å². The number of halogens is 3. The summed E-state index contributed by atoms with van der Waals surface area (Å²) in [5, 5.41) is 3.98. The van der Waals surface area contributed by atoms with Gasteiger partial charge in [0.1, 0.15) is 6.61 Å². The lowest BCUT2D eigenvalue weighted by Gasteiger charge is -2.17. The molecule has 3 heterocycles. The Morgan fingerprint density at radius 2 is 1.82 bits per heavy atom. The molecule has 2 aromatic heterocycles. The number of nitrogen functional groups attached to an aromatic ring is 1. The fourth-order valence-electron chi connectivity index (χ4n) is 4.20. The predicted octanol–water partition coefficient (Wildman–Crippen LogP) is 2.53. The molecule has 1 unspecified atom stereocenters. The predicted molar refractivity (Wildman–Crippen MR) is 112 cm³/mol.